The molecule has 0 aliphatic rings. The lowest BCUT2D eigenvalue weighted by atomic mass is 10.1. The van der Waals surface area contributed by atoms with Crippen molar-refractivity contribution in [1.82, 2.24) is 9.78 Å². The number of phenolic OH excluding ortho intramolecular Hbond substituents is 1. The zero-order valence-electron chi connectivity index (χ0n) is 12.9. The smallest absolute Gasteiger partial charge is 0.344 e. The normalized spacial score (nSPS) is 11.2. The molecule has 0 spiro atoms. The average molecular weight is 322 g/mol. The molecule has 0 fully saturated rings. The Bertz CT molecular complexity index is 1110. The molecule has 120 valence electrons. The fourth-order valence-electron chi connectivity index (χ4n) is 2.69. The highest BCUT2D eigenvalue weighted by Crippen LogP contribution is 2.28. The maximum absolute atomic E-state index is 12.1. The first-order chi connectivity index (χ1) is 11.6. The molecule has 2 heterocycles. The number of aromatic nitrogens is 2. The summed E-state index contributed by atoms with van der Waals surface area (Å²) in [6, 6.07) is 11.9. The molecule has 0 saturated carbocycles. The van der Waals surface area contributed by atoms with Gasteiger partial charge in [0.2, 0.25) is 0 Å². The number of ether oxygens (including phenoxy) is 1. The van der Waals surface area contributed by atoms with Crippen LogP contribution in [0.3, 0.4) is 0 Å². The summed E-state index contributed by atoms with van der Waals surface area (Å²) >= 11 is 0. The molecule has 0 saturated heterocycles. The number of phenols is 1. The molecule has 4 rings (SSSR count). The van der Waals surface area contributed by atoms with Crippen LogP contribution in [0.15, 0.2) is 57.9 Å². The van der Waals surface area contributed by atoms with Gasteiger partial charge in [0.05, 0.1) is 11.1 Å². The van der Waals surface area contributed by atoms with Crippen LogP contribution in [0.5, 0.6) is 11.5 Å². The van der Waals surface area contributed by atoms with Crippen LogP contribution >= 0.6 is 0 Å². The minimum Gasteiger partial charge on any atom is -0.508 e. The van der Waals surface area contributed by atoms with Crippen LogP contribution in [0.2, 0.25) is 0 Å². The minimum absolute atomic E-state index is 0.0327. The standard InChI is InChI=1S/C18H14N2O4/c1-20-11(6-7-19-20)10-23-13-3-5-15-14-4-2-12(21)8-16(14)18(22)24-17(15)9-13/h2-9,21H,10H2,1H3. The van der Waals surface area contributed by atoms with Crippen LogP contribution in [-0.2, 0) is 13.7 Å². The van der Waals surface area contributed by atoms with Crippen molar-refractivity contribution >= 4 is 21.7 Å². The van der Waals surface area contributed by atoms with Gasteiger partial charge in [-0.1, -0.05) is 0 Å². The highest BCUT2D eigenvalue weighted by molar-refractivity contribution is 6.04. The molecule has 0 radical (unpaired) electrons. The molecule has 0 bridgehead atoms. The fourth-order valence-corrected chi connectivity index (χ4v) is 2.69. The maximum atomic E-state index is 12.1. The quantitative estimate of drug-likeness (QED) is 0.463. The number of hydrogen-bond donors (Lipinski definition) is 1. The van der Waals surface area contributed by atoms with E-state index in [-0.39, 0.29) is 5.75 Å². The zero-order chi connectivity index (χ0) is 16.7. The molecule has 2 aromatic carbocycles. The van der Waals surface area contributed by atoms with Crippen LogP contribution in [0, 0.1) is 0 Å². The summed E-state index contributed by atoms with van der Waals surface area (Å²) in [6.07, 6.45) is 1.71. The van der Waals surface area contributed by atoms with E-state index in [0.717, 1.165) is 16.5 Å². The second kappa shape index (κ2) is 5.42. The third-order valence-electron chi connectivity index (χ3n) is 3.98. The van der Waals surface area contributed by atoms with Crippen LogP contribution < -0.4 is 10.4 Å². The first-order valence-corrected chi connectivity index (χ1v) is 7.41. The van der Waals surface area contributed by atoms with Crippen LogP contribution in [-0.4, -0.2) is 14.9 Å². The molecule has 0 aliphatic carbocycles. The van der Waals surface area contributed by atoms with Crippen molar-refractivity contribution in [3.63, 3.8) is 0 Å². The Balaban J connectivity index is 1.75. The Hall–Kier alpha value is -3.28. The number of aryl methyl sites for hydroxylation is 1. The van der Waals surface area contributed by atoms with Gasteiger partial charge in [0.1, 0.15) is 23.7 Å². The minimum atomic E-state index is -0.489. The lowest BCUT2D eigenvalue weighted by molar-refractivity contribution is 0.295. The van der Waals surface area contributed by atoms with Crippen molar-refractivity contribution in [3.8, 4) is 11.5 Å². The van der Waals surface area contributed by atoms with E-state index in [4.69, 9.17) is 9.15 Å². The molecule has 0 aliphatic heterocycles. The number of aromatic hydroxyl groups is 1. The second-order valence-corrected chi connectivity index (χ2v) is 5.51. The lowest BCUT2D eigenvalue weighted by Crippen LogP contribution is -2.03. The average Bonchev–Trinajstić information content (AvgIpc) is 2.98. The summed E-state index contributed by atoms with van der Waals surface area (Å²) in [7, 11) is 1.85. The molecule has 24 heavy (non-hydrogen) atoms. The van der Waals surface area contributed by atoms with Crippen molar-refractivity contribution in [3.05, 3.63) is 64.8 Å². The first kappa shape index (κ1) is 14.3. The van der Waals surface area contributed by atoms with Gasteiger partial charge >= 0.3 is 5.63 Å². The van der Waals surface area contributed by atoms with Crippen LogP contribution in [0.1, 0.15) is 5.69 Å². The third-order valence-corrected chi connectivity index (χ3v) is 3.98. The number of hydrogen-bond acceptors (Lipinski definition) is 5. The molecule has 6 nitrogen and oxygen atoms in total. The SMILES string of the molecule is Cn1nccc1COc1ccc2c(c1)oc(=O)c1cc(O)ccc12. The number of benzene rings is 2. The van der Waals surface area contributed by atoms with Crippen LogP contribution in [0.4, 0.5) is 0 Å². The summed E-state index contributed by atoms with van der Waals surface area (Å²) < 4.78 is 12.9. The fraction of sp³-hybridized carbons (Fsp3) is 0.111. The van der Waals surface area contributed by atoms with E-state index in [9.17, 15) is 9.90 Å². The Labute approximate surface area is 136 Å². The summed E-state index contributed by atoms with van der Waals surface area (Å²) in [6.45, 7) is 0.369. The van der Waals surface area contributed by atoms with Gasteiger partial charge in [-0.2, -0.15) is 5.10 Å². The Morgan fingerprint density at radius 2 is 1.96 bits per heavy atom. The Kier molecular flexibility index (Phi) is 3.23. The van der Waals surface area contributed by atoms with Crippen molar-refractivity contribution < 1.29 is 14.3 Å². The lowest BCUT2D eigenvalue weighted by Gasteiger charge is -2.08. The van der Waals surface area contributed by atoms with E-state index in [1.807, 2.05) is 25.2 Å². The van der Waals surface area contributed by atoms with Gasteiger partial charge < -0.3 is 14.3 Å². The molecule has 0 unspecified atom stereocenters. The number of nitrogens with zero attached hydrogens (tertiary/aromatic N) is 2. The summed E-state index contributed by atoms with van der Waals surface area (Å²) in [4.78, 5) is 12.1. The zero-order valence-corrected chi connectivity index (χ0v) is 12.9. The molecule has 4 aromatic rings. The molecule has 0 amide bonds. The van der Waals surface area contributed by atoms with Crippen LogP contribution in [0.25, 0.3) is 21.7 Å². The van der Waals surface area contributed by atoms with Gasteiger partial charge in [-0.15, -0.1) is 0 Å². The molecule has 0 atom stereocenters. The van der Waals surface area contributed by atoms with Gasteiger partial charge in [-0.3, -0.25) is 4.68 Å². The van der Waals surface area contributed by atoms with E-state index in [0.29, 0.717) is 23.3 Å². The Morgan fingerprint density at radius 1 is 1.12 bits per heavy atom. The predicted octanol–water partition coefficient (Wildman–Crippen LogP) is 2.96. The largest absolute Gasteiger partial charge is 0.508 e. The molecular weight excluding hydrogens is 308 g/mol. The number of fused-ring (bicyclic) bond motifs is 3. The van der Waals surface area contributed by atoms with E-state index in [2.05, 4.69) is 5.10 Å². The van der Waals surface area contributed by atoms with Crippen molar-refractivity contribution in [1.29, 1.82) is 0 Å². The summed E-state index contributed by atoms with van der Waals surface area (Å²) in [5.41, 5.74) is 0.892. The first-order valence-electron chi connectivity index (χ1n) is 7.41. The highest BCUT2D eigenvalue weighted by atomic mass is 16.5. The maximum Gasteiger partial charge on any atom is 0.344 e. The summed E-state index contributed by atoms with van der Waals surface area (Å²) in [5.74, 6) is 0.634. The van der Waals surface area contributed by atoms with Gasteiger partial charge in [-0.25, -0.2) is 4.79 Å². The van der Waals surface area contributed by atoms with E-state index in [1.54, 1.807) is 29.1 Å². The van der Waals surface area contributed by atoms with Crippen molar-refractivity contribution in [2.75, 3.05) is 0 Å². The van der Waals surface area contributed by atoms with Gasteiger partial charge in [-0.05, 0) is 36.4 Å². The summed E-state index contributed by atoms with van der Waals surface area (Å²) in [5, 5.41) is 15.5. The molecule has 6 heteroatoms. The van der Waals surface area contributed by atoms with Gasteiger partial charge in [0, 0.05) is 30.1 Å². The number of rotatable bonds is 3. The highest BCUT2D eigenvalue weighted by Gasteiger charge is 2.09. The molecule has 2 aromatic heterocycles. The van der Waals surface area contributed by atoms with Gasteiger partial charge in [0.25, 0.3) is 0 Å². The van der Waals surface area contributed by atoms with Crippen molar-refractivity contribution in [2.45, 2.75) is 6.61 Å². The van der Waals surface area contributed by atoms with Crippen molar-refractivity contribution in [2.24, 2.45) is 7.05 Å². The Morgan fingerprint density at radius 3 is 2.75 bits per heavy atom. The monoisotopic (exact) mass is 322 g/mol. The second-order valence-electron chi connectivity index (χ2n) is 5.51. The third kappa shape index (κ3) is 2.38. The van der Waals surface area contributed by atoms with E-state index >= 15 is 0 Å². The van der Waals surface area contributed by atoms with E-state index < -0.39 is 5.63 Å². The predicted molar refractivity (Wildman–Crippen MR) is 89.2 cm³/mol. The van der Waals surface area contributed by atoms with Gasteiger partial charge in [0.15, 0.2) is 0 Å². The molecular formula is C18H14N2O4. The van der Waals surface area contributed by atoms with E-state index in [1.165, 1.54) is 6.07 Å². The topological polar surface area (TPSA) is 77.5 Å². The molecule has 1 N–H and O–H groups in total.